The Labute approximate surface area is 118 Å². The normalized spacial score (nSPS) is 15.2. The van der Waals surface area contributed by atoms with Crippen LogP contribution in [0.15, 0.2) is 30.3 Å². The molecule has 110 valence electrons. The fourth-order valence-electron chi connectivity index (χ4n) is 2.02. The number of carboxylic acids is 1. The molecule has 0 saturated heterocycles. The molecule has 1 amide bonds. The fourth-order valence-corrected chi connectivity index (χ4v) is 2.02. The van der Waals surface area contributed by atoms with E-state index in [4.69, 9.17) is 5.11 Å². The van der Waals surface area contributed by atoms with Gasteiger partial charge in [-0.05, 0) is 25.8 Å². The van der Waals surface area contributed by atoms with Crippen LogP contribution in [0, 0.1) is 0 Å². The molecule has 0 aliphatic carbocycles. The average molecular weight is 279 g/mol. The number of hydrogen-bond acceptors (Lipinski definition) is 3. The van der Waals surface area contributed by atoms with Crippen molar-refractivity contribution in [3.8, 4) is 0 Å². The number of aliphatic carboxylic acids is 1. The first-order valence-corrected chi connectivity index (χ1v) is 6.59. The molecule has 5 nitrogen and oxygen atoms in total. The Hall–Kier alpha value is -1.88. The smallest absolute Gasteiger partial charge is 0.314 e. The van der Waals surface area contributed by atoms with Crippen LogP contribution in [-0.2, 0) is 15.0 Å². The van der Waals surface area contributed by atoms with Crippen LogP contribution in [0.5, 0.6) is 0 Å². The number of carbonyl (C=O) groups is 2. The van der Waals surface area contributed by atoms with Gasteiger partial charge in [-0.3, -0.25) is 9.59 Å². The molecule has 1 rings (SSSR count). The number of carboxylic acid groups (broad SMARTS) is 1. The standard InChI is InChI=1S/C15H21NO4/c1-11(8-9-17)16-13(18)10-15(2,14(19)20)12-6-4-3-5-7-12/h3-7,11,17H,8-10H2,1-2H3,(H,16,18)(H,19,20). The number of hydrogen-bond donors (Lipinski definition) is 3. The second-order valence-corrected chi connectivity index (χ2v) is 5.16. The Kier molecular flexibility index (Phi) is 5.70. The molecule has 0 aliphatic heterocycles. The van der Waals surface area contributed by atoms with Gasteiger partial charge in [0.25, 0.3) is 0 Å². The molecule has 0 spiro atoms. The second kappa shape index (κ2) is 7.05. The van der Waals surface area contributed by atoms with Crippen molar-refractivity contribution in [1.29, 1.82) is 0 Å². The van der Waals surface area contributed by atoms with Crippen molar-refractivity contribution in [2.24, 2.45) is 0 Å². The summed E-state index contributed by atoms with van der Waals surface area (Å²) >= 11 is 0. The van der Waals surface area contributed by atoms with Crippen molar-refractivity contribution >= 4 is 11.9 Å². The van der Waals surface area contributed by atoms with Gasteiger partial charge in [0.05, 0.1) is 5.41 Å². The minimum absolute atomic E-state index is 0.0175. The number of rotatable bonds is 7. The predicted molar refractivity (Wildman–Crippen MR) is 75.4 cm³/mol. The van der Waals surface area contributed by atoms with E-state index in [9.17, 15) is 14.7 Å². The van der Waals surface area contributed by atoms with Crippen LogP contribution in [0.1, 0.15) is 32.3 Å². The number of aliphatic hydroxyl groups excluding tert-OH is 1. The van der Waals surface area contributed by atoms with E-state index in [2.05, 4.69) is 5.32 Å². The lowest BCUT2D eigenvalue weighted by Gasteiger charge is -2.25. The Balaban J connectivity index is 2.83. The maximum Gasteiger partial charge on any atom is 0.314 e. The van der Waals surface area contributed by atoms with Gasteiger partial charge < -0.3 is 15.5 Å². The molecular formula is C15H21NO4. The average Bonchev–Trinajstić information content (AvgIpc) is 2.39. The Morgan fingerprint density at radius 2 is 1.90 bits per heavy atom. The lowest BCUT2D eigenvalue weighted by atomic mass is 9.79. The van der Waals surface area contributed by atoms with E-state index < -0.39 is 11.4 Å². The number of benzene rings is 1. The van der Waals surface area contributed by atoms with E-state index in [-0.39, 0.29) is 25.0 Å². The van der Waals surface area contributed by atoms with Crippen molar-refractivity contribution in [3.05, 3.63) is 35.9 Å². The third-order valence-electron chi connectivity index (χ3n) is 3.37. The minimum atomic E-state index is -1.26. The van der Waals surface area contributed by atoms with Gasteiger partial charge in [0.15, 0.2) is 0 Å². The molecule has 0 saturated carbocycles. The summed E-state index contributed by atoms with van der Waals surface area (Å²) in [5, 5.41) is 21.0. The van der Waals surface area contributed by atoms with Crippen LogP contribution >= 0.6 is 0 Å². The summed E-state index contributed by atoms with van der Waals surface area (Å²) in [6.45, 7) is 3.30. The van der Waals surface area contributed by atoms with Crippen molar-refractivity contribution < 1.29 is 19.8 Å². The number of carbonyl (C=O) groups excluding carboxylic acids is 1. The lowest BCUT2D eigenvalue weighted by molar-refractivity contribution is -0.145. The predicted octanol–water partition coefficient (Wildman–Crippen LogP) is 1.31. The van der Waals surface area contributed by atoms with Gasteiger partial charge in [0, 0.05) is 19.1 Å². The quantitative estimate of drug-likeness (QED) is 0.702. The first-order chi connectivity index (χ1) is 9.40. The van der Waals surface area contributed by atoms with Gasteiger partial charge in [-0.25, -0.2) is 0 Å². The van der Waals surface area contributed by atoms with Crippen molar-refractivity contribution in [2.45, 2.75) is 38.1 Å². The van der Waals surface area contributed by atoms with E-state index in [0.717, 1.165) is 0 Å². The molecule has 1 aromatic carbocycles. The maximum absolute atomic E-state index is 12.0. The summed E-state index contributed by atoms with van der Waals surface area (Å²) in [6.07, 6.45) is 0.309. The molecule has 0 bridgehead atoms. The number of aliphatic hydroxyl groups is 1. The van der Waals surface area contributed by atoms with Gasteiger partial charge in [0.1, 0.15) is 0 Å². The monoisotopic (exact) mass is 279 g/mol. The van der Waals surface area contributed by atoms with E-state index in [1.54, 1.807) is 44.2 Å². The van der Waals surface area contributed by atoms with Crippen LogP contribution in [0.25, 0.3) is 0 Å². The molecule has 3 N–H and O–H groups in total. The summed E-state index contributed by atoms with van der Waals surface area (Å²) in [6, 6.07) is 8.54. The molecule has 0 fully saturated rings. The third kappa shape index (κ3) is 4.06. The lowest BCUT2D eigenvalue weighted by Crippen LogP contribution is -2.41. The largest absolute Gasteiger partial charge is 0.481 e. The summed E-state index contributed by atoms with van der Waals surface area (Å²) in [4.78, 5) is 23.5. The highest BCUT2D eigenvalue weighted by atomic mass is 16.4. The van der Waals surface area contributed by atoms with Gasteiger partial charge in [-0.2, -0.15) is 0 Å². The Morgan fingerprint density at radius 3 is 2.40 bits per heavy atom. The molecule has 0 aromatic heterocycles. The molecule has 0 heterocycles. The molecule has 20 heavy (non-hydrogen) atoms. The SMILES string of the molecule is CC(CCO)NC(=O)CC(C)(C(=O)O)c1ccccc1. The van der Waals surface area contributed by atoms with Crippen LogP contribution in [-0.4, -0.2) is 34.7 Å². The second-order valence-electron chi connectivity index (χ2n) is 5.16. The Bertz CT molecular complexity index is 460. The van der Waals surface area contributed by atoms with Gasteiger partial charge >= 0.3 is 5.97 Å². The highest BCUT2D eigenvalue weighted by molar-refractivity contribution is 5.89. The third-order valence-corrected chi connectivity index (χ3v) is 3.37. The highest BCUT2D eigenvalue weighted by Gasteiger charge is 2.37. The minimum Gasteiger partial charge on any atom is -0.481 e. The number of amides is 1. The topological polar surface area (TPSA) is 86.6 Å². The Morgan fingerprint density at radius 1 is 1.30 bits per heavy atom. The molecule has 1 aromatic rings. The summed E-state index contributed by atoms with van der Waals surface area (Å²) in [5.41, 5.74) is -0.665. The summed E-state index contributed by atoms with van der Waals surface area (Å²) < 4.78 is 0. The van der Waals surface area contributed by atoms with Gasteiger partial charge in [-0.1, -0.05) is 30.3 Å². The van der Waals surface area contributed by atoms with E-state index >= 15 is 0 Å². The zero-order chi connectivity index (χ0) is 15.2. The van der Waals surface area contributed by atoms with Gasteiger partial charge in [0.2, 0.25) is 5.91 Å². The molecule has 2 unspecified atom stereocenters. The maximum atomic E-state index is 12.0. The zero-order valence-electron chi connectivity index (χ0n) is 11.8. The molecule has 0 radical (unpaired) electrons. The van der Waals surface area contributed by atoms with Crippen molar-refractivity contribution in [1.82, 2.24) is 5.32 Å². The summed E-state index contributed by atoms with van der Waals surface area (Å²) in [7, 11) is 0. The molecular weight excluding hydrogens is 258 g/mol. The van der Waals surface area contributed by atoms with Crippen LogP contribution in [0.3, 0.4) is 0 Å². The fraction of sp³-hybridized carbons (Fsp3) is 0.467. The highest BCUT2D eigenvalue weighted by Crippen LogP contribution is 2.28. The van der Waals surface area contributed by atoms with Crippen LogP contribution in [0.2, 0.25) is 0 Å². The number of nitrogens with one attached hydrogen (secondary N) is 1. The first-order valence-electron chi connectivity index (χ1n) is 6.59. The summed E-state index contributed by atoms with van der Waals surface area (Å²) in [5.74, 6) is -1.37. The van der Waals surface area contributed by atoms with E-state index in [1.807, 2.05) is 0 Å². The first kappa shape index (κ1) is 16.2. The van der Waals surface area contributed by atoms with Crippen LogP contribution < -0.4 is 5.32 Å². The van der Waals surface area contributed by atoms with Crippen LogP contribution in [0.4, 0.5) is 0 Å². The zero-order valence-corrected chi connectivity index (χ0v) is 11.8. The van der Waals surface area contributed by atoms with Gasteiger partial charge in [-0.15, -0.1) is 0 Å². The van der Waals surface area contributed by atoms with Crippen molar-refractivity contribution in [2.75, 3.05) is 6.61 Å². The van der Waals surface area contributed by atoms with E-state index in [1.165, 1.54) is 0 Å². The van der Waals surface area contributed by atoms with Crippen molar-refractivity contribution in [3.63, 3.8) is 0 Å². The molecule has 5 heteroatoms. The van der Waals surface area contributed by atoms with E-state index in [0.29, 0.717) is 12.0 Å². The molecule has 2 atom stereocenters. The molecule has 0 aliphatic rings.